The first-order chi connectivity index (χ1) is 11.1. The maximum atomic E-state index is 12.5. The number of para-hydroxylation sites is 1. The van der Waals surface area contributed by atoms with E-state index in [-0.39, 0.29) is 46.7 Å². The Hall–Kier alpha value is -2.83. The van der Waals surface area contributed by atoms with Crippen molar-refractivity contribution in [2.75, 3.05) is 0 Å². The van der Waals surface area contributed by atoms with Crippen molar-refractivity contribution in [3.05, 3.63) is 52.1 Å². The molecule has 7 heteroatoms. The van der Waals surface area contributed by atoms with Crippen molar-refractivity contribution in [1.82, 2.24) is 5.01 Å². The maximum Gasteiger partial charge on any atom is 0.278 e. The molecule has 1 aromatic carbocycles. The Labute approximate surface area is 131 Å². The van der Waals surface area contributed by atoms with Crippen molar-refractivity contribution < 1.29 is 14.5 Å². The van der Waals surface area contributed by atoms with E-state index in [2.05, 4.69) is 5.10 Å². The number of nitro groups is 1. The van der Waals surface area contributed by atoms with E-state index in [9.17, 15) is 19.7 Å². The quantitative estimate of drug-likeness (QED) is 0.279. The van der Waals surface area contributed by atoms with Gasteiger partial charge < -0.3 is 0 Å². The van der Waals surface area contributed by atoms with E-state index in [1.54, 1.807) is 12.1 Å². The van der Waals surface area contributed by atoms with Crippen LogP contribution in [0.1, 0.15) is 12.0 Å². The molecule has 0 aromatic heterocycles. The van der Waals surface area contributed by atoms with Gasteiger partial charge in [-0.3, -0.25) is 19.7 Å². The summed E-state index contributed by atoms with van der Waals surface area (Å²) in [7, 11) is 0. The fourth-order valence-corrected chi connectivity index (χ4v) is 3.88. The van der Waals surface area contributed by atoms with Gasteiger partial charge in [0.25, 0.3) is 17.5 Å². The predicted molar refractivity (Wildman–Crippen MR) is 80.3 cm³/mol. The lowest BCUT2D eigenvalue weighted by molar-refractivity contribution is -0.385. The summed E-state index contributed by atoms with van der Waals surface area (Å²) in [6, 6.07) is 6.07. The van der Waals surface area contributed by atoms with E-state index < -0.39 is 4.92 Å². The van der Waals surface area contributed by atoms with Gasteiger partial charge >= 0.3 is 0 Å². The summed E-state index contributed by atoms with van der Waals surface area (Å²) in [6.07, 6.45) is 6.08. The minimum Gasteiger partial charge on any atom is -0.272 e. The Kier molecular flexibility index (Phi) is 2.90. The molecular weight excluding hydrogens is 298 g/mol. The van der Waals surface area contributed by atoms with Crippen LogP contribution >= 0.6 is 0 Å². The lowest BCUT2D eigenvalue weighted by Crippen LogP contribution is -2.28. The topological polar surface area (TPSA) is 92.9 Å². The molecule has 2 amide bonds. The van der Waals surface area contributed by atoms with Crippen LogP contribution in [0.3, 0.4) is 0 Å². The third kappa shape index (κ3) is 1.93. The van der Waals surface area contributed by atoms with Crippen LogP contribution in [-0.2, 0) is 9.59 Å². The average molecular weight is 311 g/mol. The van der Waals surface area contributed by atoms with E-state index in [0.717, 1.165) is 11.4 Å². The summed E-state index contributed by atoms with van der Waals surface area (Å²) < 4.78 is 0. The van der Waals surface area contributed by atoms with Crippen molar-refractivity contribution in [3.8, 4) is 0 Å². The van der Waals surface area contributed by atoms with E-state index in [0.29, 0.717) is 0 Å². The van der Waals surface area contributed by atoms with Crippen LogP contribution in [0.15, 0.2) is 41.5 Å². The van der Waals surface area contributed by atoms with Crippen LogP contribution in [0.5, 0.6) is 0 Å². The van der Waals surface area contributed by atoms with Crippen LogP contribution < -0.4 is 0 Å². The van der Waals surface area contributed by atoms with Gasteiger partial charge in [0.15, 0.2) is 0 Å². The molecule has 4 rings (SSSR count). The second-order valence-corrected chi connectivity index (χ2v) is 6.05. The first-order valence-electron chi connectivity index (χ1n) is 7.41. The molecule has 1 aliphatic heterocycles. The molecule has 1 heterocycles. The SMILES string of the molecule is O=C1[C@@H]2[C@H](C(=O)N1/N=C\c1ccccc1[N+](=O)[O-])[C@@H]1C=C[C@H]2C1. The van der Waals surface area contributed by atoms with E-state index in [1.807, 2.05) is 12.2 Å². The van der Waals surface area contributed by atoms with Gasteiger partial charge in [0.2, 0.25) is 0 Å². The van der Waals surface area contributed by atoms with Crippen LogP contribution in [0.2, 0.25) is 0 Å². The highest BCUT2D eigenvalue weighted by Gasteiger charge is 2.59. The first-order valence-corrected chi connectivity index (χ1v) is 7.41. The number of imide groups is 1. The molecule has 2 bridgehead atoms. The van der Waals surface area contributed by atoms with Crippen molar-refractivity contribution in [2.45, 2.75) is 6.42 Å². The number of nitro benzene ring substituents is 1. The number of nitrogens with zero attached hydrogens (tertiary/aromatic N) is 3. The number of hydrazone groups is 1. The number of benzene rings is 1. The second kappa shape index (κ2) is 4.84. The highest BCUT2D eigenvalue weighted by Crippen LogP contribution is 2.52. The monoisotopic (exact) mass is 311 g/mol. The normalized spacial score (nSPS) is 31.4. The molecule has 1 saturated carbocycles. The summed E-state index contributed by atoms with van der Waals surface area (Å²) in [5.41, 5.74) is 0.147. The smallest absolute Gasteiger partial charge is 0.272 e. The van der Waals surface area contributed by atoms with Crippen molar-refractivity contribution in [2.24, 2.45) is 28.8 Å². The summed E-state index contributed by atoms with van der Waals surface area (Å²) in [5.74, 6) is -1.00. The van der Waals surface area contributed by atoms with E-state index in [4.69, 9.17) is 0 Å². The number of carbonyl (C=O) groups is 2. The van der Waals surface area contributed by atoms with Crippen LogP contribution in [0.4, 0.5) is 5.69 Å². The third-order valence-corrected chi connectivity index (χ3v) is 4.89. The van der Waals surface area contributed by atoms with Gasteiger partial charge in [0.1, 0.15) is 0 Å². The number of hydrogen-bond acceptors (Lipinski definition) is 5. The van der Waals surface area contributed by atoms with E-state index in [1.165, 1.54) is 18.3 Å². The predicted octanol–water partition coefficient (Wildman–Crippen LogP) is 1.74. The first kappa shape index (κ1) is 13.8. The molecule has 2 fully saturated rings. The third-order valence-electron chi connectivity index (χ3n) is 4.89. The number of amides is 2. The van der Waals surface area contributed by atoms with E-state index >= 15 is 0 Å². The molecule has 0 spiro atoms. The largest absolute Gasteiger partial charge is 0.278 e. The highest BCUT2D eigenvalue weighted by molar-refractivity contribution is 6.07. The Morgan fingerprint density at radius 3 is 2.35 bits per heavy atom. The average Bonchev–Trinajstić information content (AvgIpc) is 3.21. The Balaban J connectivity index is 1.62. The Morgan fingerprint density at radius 2 is 1.74 bits per heavy atom. The zero-order valence-electron chi connectivity index (χ0n) is 12.0. The molecular formula is C16H13N3O4. The minimum atomic E-state index is -0.520. The molecule has 0 unspecified atom stereocenters. The Morgan fingerprint density at radius 1 is 1.13 bits per heavy atom. The molecule has 3 aliphatic rings. The molecule has 1 saturated heterocycles. The van der Waals surface area contributed by atoms with Gasteiger partial charge in [-0.05, 0) is 24.3 Å². The number of fused-ring (bicyclic) bond motifs is 5. The molecule has 0 radical (unpaired) electrons. The number of allylic oxidation sites excluding steroid dienone is 2. The van der Waals surface area contributed by atoms with Crippen LogP contribution in [0.25, 0.3) is 0 Å². The summed E-state index contributed by atoms with van der Waals surface area (Å²) in [4.78, 5) is 35.4. The van der Waals surface area contributed by atoms with Crippen LogP contribution in [-0.4, -0.2) is 28.0 Å². The van der Waals surface area contributed by atoms with Gasteiger partial charge in [-0.1, -0.05) is 24.3 Å². The van der Waals surface area contributed by atoms with Gasteiger partial charge in [0.05, 0.1) is 28.5 Å². The fraction of sp³-hybridized carbons (Fsp3) is 0.312. The van der Waals surface area contributed by atoms with Gasteiger partial charge in [-0.15, -0.1) is 0 Å². The summed E-state index contributed by atoms with van der Waals surface area (Å²) in [5, 5.41) is 15.8. The zero-order valence-corrected chi connectivity index (χ0v) is 12.0. The fourth-order valence-electron chi connectivity index (χ4n) is 3.88. The molecule has 7 nitrogen and oxygen atoms in total. The highest BCUT2D eigenvalue weighted by atomic mass is 16.6. The molecule has 0 N–H and O–H groups in total. The Bertz CT molecular complexity index is 755. The molecule has 1 aromatic rings. The van der Waals surface area contributed by atoms with Gasteiger partial charge in [-0.2, -0.15) is 10.1 Å². The second-order valence-electron chi connectivity index (χ2n) is 6.05. The van der Waals surface area contributed by atoms with Crippen molar-refractivity contribution in [3.63, 3.8) is 0 Å². The zero-order chi connectivity index (χ0) is 16.1. The van der Waals surface area contributed by atoms with Crippen molar-refractivity contribution in [1.29, 1.82) is 0 Å². The van der Waals surface area contributed by atoms with Crippen molar-refractivity contribution >= 4 is 23.7 Å². The molecule has 116 valence electrons. The standard InChI is InChI=1S/C16H13N3O4/c20-15-13-9-5-6-10(7-9)14(13)16(21)18(15)17-8-11-3-1-2-4-12(11)19(22)23/h1-6,8-10,13-14H,7H2/b17-8-/t9-,10+,13-,14+. The summed E-state index contributed by atoms with van der Waals surface area (Å²) in [6.45, 7) is 0. The number of hydrogen-bond donors (Lipinski definition) is 0. The summed E-state index contributed by atoms with van der Waals surface area (Å²) >= 11 is 0. The van der Waals surface area contributed by atoms with Crippen LogP contribution in [0, 0.1) is 33.8 Å². The van der Waals surface area contributed by atoms with Gasteiger partial charge in [0, 0.05) is 6.07 Å². The lowest BCUT2D eigenvalue weighted by atomic mass is 9.85. The number of rotatable bonds is 3. The maximum absolute atomic E-state index is 12.5. The minimum absolute atomic E-state index is 0.114. The number of carbonyl (C=O) groups excluding carboxylic acids is 2. The van der Waals surface area contributed by atoms with Gasteiger partial charge in [-0.25, -0.2) is 0 Å². The molecule has 23 heavy (non-hydrogen) atoms. The molecule has 2 aliphatic carbocycles. The molecule has 4 atom stereocenters. The lowest BCUT2D eigenvalue weighted by Gasteiger charge is -2.13.